The lowest BCUT2D eigenvalue weighted by atomic mass is 9.95. The van der Waals surface area contributed by atoms with E-state index in [0.717, 1.165) is 25.4 Å². The lowest BCUT2D eigenvalue weighted by Crippen LogP contribution is -2.37. The Bertz CT molecular complexity index is 440. The van der Waals surface area contributed by atoms with Crippen molar-refractivity contribution in [3.05, 3.63) is 23.7 Å². The van der Waals surface area contributed by atoms with Gasteiger partial charge < -0.3 is 14.6 Å². The molecule has 2 saturated heterocycles. The number of amides is 1. The Kier molecular flexibility index (Phi) is 2.47. The molecule has 4 nitrogen and oxygen atoms in total. The van der Waals surface area contributed by atoms with E-state index in [-0.39, 0.29) is 5.91 Å². The summed E-state index contributed by atoms with van der Waals surface area (Å²) in [5.41, 5.74) is 0.683. The molecule has 17 heavy (non-hydrogen) atoms. The average molecular weight is 234 g/mol. The number of carbonyl (C=O) groups excluding carboxylic acids is 1. The number of aryl methyl sites for hydroxylation is 1. The highest BCUT2D eigenvalue weighted by Crippen LogP contribution is 2.33. The molecule has 0 aliphatic carbocycles. The molecule has 1 aromatic rings. The lowest BCUT2D eigenvalue weighted by molar-refractivity contribution is 0.0728. The van der Waals surface area contributed by atoms with Crippen LogP contribution in [0.15, 0.2) is 16.7 Å². The minimum absolute atomic E-state index is 0.115. The topological polar surface area (TPSA) is 45.5 Å². The van der Waals surface area contributed by atoms with E-state index in [1.165, 1.54) is 0 Å². The lowest BCUT2D eigenvalue weighted by Gasteiger charge is -2.23. The third-order valence-electron chi connectivity index (χ3n) is 4.17. The van der Waals surface area contributed by atoms with Gasteiger partial charge in [-0.05, 0) is 31.7 Å². The van der Waals surface area contributed by atoms with Crippen LogP contribution in [0.1, 0.15) is 23.0 Å². The van der Waals surface area contributed by atoms with Crippen molar-refractivity contribution in [3.8, 4) is 0 Å². The maximum Gasteiger partial charge on any atom is 0.257 e. The highest BCUT2D eigenvalue weighted by molar-refractivity contribution is 5.94. The first-order valence-corrected chi connectivity index (χ1v) is 6.23. The summed E-state index contributed by atoms with van der Waals surface area (Å²) in [5.74, 6) is 2.15. The molecule has 0 aromatic carbocycles. The predicted molar refractivity (Wildman–Crippen MR) is 63.8 cm³/mol. The minimum atomic E-state index is 0.115. The van der Waals surface area contributed by atoms with E-state index in [2.05, 4.69) is 12.2 Å². The summed E-state index contributed by atoms with van der Waals surface area (Å²) in [6, 6.07) is 2.15. The fourth-order valence-electron chi connectivity index (χ4n) is 3.16. The molecule has 3 heterocycles. The van der Waals surface area contributed by atoms with Crippen LogP contribution in [-0.2, 0) is 0 Å². The summed E-state index contributed by atoms with van der Waals surface area (Å²) >= 11 is 0. The molecule has 3 atom stereocenters. The van der Waals surface area contributed by atoms with Crippen LogP contribution >= 0.6 is 0 Å². The van der Waals surface area contributed by atoms with Gasteiger partial charge in [-0.2, -0.15) is 0 Å². The quantitative estimate of drug-likeness (QED) is 0.796. The molecule has 2 fully saturated rings. The third-order valence-corrected chi connectivity index (χ3v) is 4.17. The zero-order chi connectivity index (χ0) is 12.0. The fraction of sp³-hybridized carbons (Fsp3) is 0.615. The second-order valence-electron chi connectivity index (χ2n) is 5.23. The molecule has 3 rings (SSSR count). The van der Waals surface area contributed by atoms with Gasteiger partial charge in [0.05, 0.1) is 5.56 Å². The number of nitrogens with one attached hydrogen (secondary N) is 1. The van der Waals surface area contributed by atoms with Crippen LogP contribution in [0.2, 0.25) is 0 Å². The normalized spacial score (nSPS) is 31.9. The molecule has 0 saturated carbocycles. The highest BCUT2D eigenvalue weighted by Gasteiger charge is 2.43. The molecule has 0 radical (unpaired) electrons. The van der Waals surface area contributed by atoms with Gasteiger partial charge >= 0.3 is 0 Å². The molecule has 0 spiro atoms. The third kappa shape index (κ3) is 1.67. The van der Waals surface area contributed by atoms with E-state index < -0.39 is 0 Å². The van der Waals surface area contributed by atoms with Gasteiger partial charge in [0, 0.05) is 25.7 Å². The Balaban J connectivity index is 1.79. The molecule has 2 aliphatic rings. The Hall–Kier alpha value is -1.29. The van der Waals surface area contributed by atoms with E-state index >= 15 is 0 Å². The monoisotopic (exact) mass is 234 g/mol. The molecular formula is C13H18N2O2. The first-order valence-electron chi connectivity index (χ1n) is 6.23. The summed E-state index contributed by atoms with van der Waals surface area (Å²) in [6.07, 6.45) is 1.57. The van der Waals surface area contributed by atoms with Crippen molar-refractivity contribution in [2.24, 2.45) is 11.8 Å². The van der Waals surface area contributed by atoms with Gasteiger partial charge in [-0.3, -0.25) is 4.79 Å². The van der Waals surface area contributed by atoms with Crippen LogP contribution in [0, 0.1) is 18.8 Å². The van der Waals surface area contributed by atoms with Crippen molar-refractivity contribution in [2.45, 2.75) is 19.9 Å². The number of hydrogen-bond acceptors (Lipinski definition) is 3. The smallest absolute Gasteiger partial charge is 0.257 e. The zero-order valence-electron chi connectivity index (χ0n) is 10.3. The summed E-state index contributed by atoms with van der Waals surface area (Å²) in [5, 5.41) is 3.40. The Morgan fingerprint density at radius 2 is 2.35 bits per heavy atom. The van der Waals surface area contributed by atoms with Gasteiger partial charge in [-0.1, -0.05) is 0 Å². The number of carbonyl (C=O) groups is 1. The Morgan fingerprint density at radius 3 is 3.00 bits per heavy atom. The molecule has 1 N–H and O–H groups in total. The number of hydrogen-bond donors (Lipinski definition) is 1. The summed E-state index contributed by atoms with van der Waals surface area (Å²) in [7, 11) is 0. The van der Waals surface area contributed by atoms with Crippen molar-refractivity contribution in [2.75, 3.05) is 19.6 Å². The van der Waals surface area contributed by atoms with Gasteiger partial charge in [0.15, 0.2) is 0 Å². The maximum atomic E-state index is 12.3. The Labute approximate surface area is 101 Å². The van der Waals surface area contributed by atoms with E-state index in [1.807, 2.05) is 17.9 Å². The highest BCUT2D eigenvalue weighted by atomic mass is 16.3. The van der Waals surface area contributed by atoms with Crippen molar-refractivity contribution < 1.29 is 9.21 Å². The predicted octanol–water partition coefficient (Wildman–Crippen LogP) is 1.27. The Morgan fingerprint density at radius 1 is 1.53 bits per heavy atom. The summed E-state index contributed by atoms with van der Waals surface area (Å²) in [4.78, 5) is 14.3. The summed E-state index contributed by atoms with van der Waals surface area (Å²) < 4.78 is 5.21. The van der Waals surface area contributed by atoms with Gasteiger partial charge in [-0.25, -0.2) is 0 Å². The first kappa shape index (κ1) is 10.8. The minimum Gasteiger partial charge on any atom is -0.469 e. The van der Waals surface area contributed by atoms with Crippen LogP contribution < -0.4 is 5.32 Å². The van der Waals surface area contributed by atoms with E-state index in [4.69, 9.17) is 4.42 Å². The largest absolute Gasteiger partial charge is 0.469 e. The number of fused-ring (bicyclic) bond motifs is 1. The first-order chi connectivity index (χ1) is 8.16. The van der Waals surface area contributed by atoms with Crippen molar-refractivity contribution in [3.63, 3.8) is 0 Å². The zero-order valence-corrected chi connectivity index (χ0v) is 10.3. The van der Waals surface area contributed by atoms with Crippen molar-refractivity contribution in [1.29, 1.82) is 0 Å². The van der Waals surface area contributed by atoms with E-state index in [9.17, 15) is 4.79 Å². The number of likely N-dealkylation sites (tertiary alicyclic amines) is 1. The van der Waals surface area contributed by atoms with E-state index in [0.29, 0.717) is 23.4 Å². The molecule has 3 unspecified atom stereocenters. The molecule has 0 bridgehead atoms. The average Bonchev–Trinajstić information content (AvgIpc) is 2.96. The molecule has 92 valence electrons. The number of furan rings is 1. The number of rotatable bonds is 1. The fourth-order valence-corrected chi connectivity index (χ4v) is 3.16. The van der Waals surface area contributed by atoms with Crippen LogP contribution in [0.5, 0.6) is 0 Å². The molecular weight excluding hydrogens is 216 g/mol. The van der Waals surface area contributed by atoms with Gasteiger partial charge in [0.2, 0.25) is 0 Å². The standard InChI is InChI=1S/C13H18N2O2/c1-8-3-10(7-17-8)13(16)15-6-11-4-14-5-12(11)9(15)2/h3,7,9,11-12,14H,4-6H2,1-2H3. The van der Waals surface area contributed by atoms with Crippen LogP contribution in [0.3, 0.4) is 0 Å². The molecule has 4 heteroatoms. The van der Waals surface area contributed by atoms with Gasteiger partial charge in [0.1, 0.15) is 12.0 Å². The maximum absolute atomic E-state index is 12.3. The van der Waals surface area contributed by atoms with Crippen LogP contribution in [-0.4, -0.2) is 36.5 Å². The summed E-state index contributed by atoms with van der Waals surface area (Å²) in [6.45, 7) is 6.98. The van der Waals surface area contributed by atoms with Gasteiger partial charge in [-0.15, -0.1) is 0 Å². The number of nitrogens with zero attached hydrogens (tertiary/aromatic N) is 1. The van der Waals surface area contributed by atoms with Crippen molar-refractivity contribution in [1.82, 2.24) is 10.2 Å². The second-order valence-corrected chi connectivity index (χ2v) is 5.23. The van der Waals surface area contributed by atoms with E-state index in [1.54, 1.807) is 6.26 Å². The molecule has 1 aromatic heterocycles. The molecule has 1 amide bonds. The van der Waals surface area contributed by atoms with Crippen LogP contribution in [0.4, 0.5) is 0 Å². The SMILES string of the molecule is Cc1cc(C(=O)N2CC3CNCC3C2C)co1. The van der Waals surface area contributed by atoms with Gasteiger partial charge in [0.25, 0.3) is 5.91 Å². The second kappa shape index (κ2) is 3.88. The molecule has 2 aliphatic heterocycles. The van der Waals surface area contributed by atoms with Crippen molar-refractivity contribution >= 4 is 5.91 Å². The van der Waals surface area contributed by atoms with Crippen LogP contribution in [0.25, 0.3) is 0 Å².